The molecule has 1 aromatic carbocycles. The lowest BCUT2D eigenvalue weighted by molar-refractivity contribution is -0.384. The summed E-state index contributed by atoms with van der Waals surface area (Å²) in [6, 6.07) is 6.16. The molecule has 1 saturated carbocycles. The standard InChI is InChI=1S/C14H17ClN2O3/c15-8-3-9-16(12-5-2-6-12)14(18)11-4-1-7-13(10-11)17(19)20/h1,4,7,10,12H,2-3,5-6,8-9H2. The highest BCUT2D eigenvalue weighted by atomic mass is 35.5. The highest BCUT2D eigenvalue weighted by Crippen LogP contribution is 2.27. The van der Waals surface area contributed by atoms with E-state index < -0.39 is 4.92 Å². The summed E-state index contributed by atoms with van der Waals surface area (Å²) in [5.74, 6) is 0.370. The lowest BCUT2D eigenvalue weighted by Gasteiger charge is -2.37. The number of hydrogen-bond donors (Lipinski definition) is 0. The summed E-state index contributed by atoms with van der Waals surface area (Å²) in [5.41, 5.74) is 0.322. The van der Waals surface area contributed by atoms with Gasteiger partial charge in [0.25, 0.3) is 11.6 Å². The van der Waals surface area contributed by atoms with Gasteiger partial charge in [-0.3, -0.25) is 14.9 Å². The lowest BCUT2D eigenvalue weighted by atomic mass is 9.90. The van der Waals surface area contributed by atoms with E-state index in [0.29, 0.717) is 18.0 Å². The van der Waals surface area contributed by atoms with Gasteiger partial charge in [0.05, 0.1) is 4.92 Å². The second kappa shape index (κ2) is 6.70. The van der Waals surface area contributed by atoms with Gasteiger partial charge in [-0.15, -0.1) is 11.6 Å². The van der Waals surface area contributed by atoms with Crippen LogP contribution in [-0.4, -0.2) is 34.2 Å². The largest absolute Gasteiger partial charge is 0.336 e. The van der Waals surface area contributed by atoms with E-state index in [0.717, 1.165) is 25.7 Å². The average molecular weight is 297 g/mol. The average Bonchev–Trinajstić information content (AvgIpc) is 2.40. The van der Waals surface area contributed by atoms with Gasteiger partial charge in [0.1, 0.15) is 0 Å². The molecule has 1 aliphatic carbocycles. The summed E-state index contributed by atoms with van der Waals surface area (Å²) in [7, 11) is 0. The minimum Gasteiger partial charge on any atom is -0.336 e. The number of rotatable bonds is 6. The van der Waals surface area contributed by atoms with Crippen LogP contribution in [0.25, 0.3) is 0 Å². The first kappa shape index (κ1) is 14.8. The number of carbonyl (C=O) groups excluding carboxylic acids is 1. The van der Waals surface area contributed by atoms with Crippen LogP contribution in [0.1, 0.15) is 36.0 Å². The first-order valence-corrected chi connectivity index (χ1v) is 7.28. The van der Waals surface area contributed by atoms with Gasteiger partial charge in [-0.05, 0) is 31.7 Å². The van der Waals surface area contributed by atoms with Gasteiger partial charge in [-0.25, -0.2) is 0 Å². The minimum atomic E-state index is -0.483. The zero-order valence-corrected chi connectivity index (χ0v) is 11.9. The van der Waals surface area contributed by atoms with E-state index in [9.17, 15) is 14.9 Å². The van der Waals surface area contributed by atoms with Crippen molar-refractivity contribution in [3.8, 4) is 0 Å². The Bertz CT molecular complexity index is 503. The molecule has 20 heavy (non-hydrogen) atoms. The quantitative estimate of drug-likeness (QED) is 0.460. The second-order valence-corrected chi connectivity index (χ2v) is 5.31. The smallest absolute Gasteiger partial charge is 0.270 e. The maximum Gasteiger partial charge on any atom is 0.270 e. The number of nitro groups is 1. The number of halogens is 1. The van der Waals surface area contributed by atoms with Crippen LogP contribution in [-0.2, 0) is 0 Å². The van der Waals surface area contributed by atoms with Crippen LogP contribution in [0.2, 0.25) is 0 Å². The topological polar surface area (TPSA) is 63.4 Å². The fourth-order valence-electron chi connectivity index (χ4n) is 2.30. The second-order valence-electron chi connectivity index (χ2n) is 4.93. The normalized spacial score (nSPS) is 14.7. The van der Waals surface area contributed by atoms with E-state index in [4.69, 9.17) is 11.6 Å². The number of nitrogens with zero attached hydrogens (tertiary/aromatic N) is 2. The Balaban J connectivity index is 2.17. The Morgan fingerprint density at radius 1 is 1.45 bits per heavy atom. The van der Waals surface area contributed by atoms with Crippen molar-refractivity contribution in [2.24, 2.45) is 0 Å². The number of alkyl halides is 1. The molecule has 5 nitrogen and oxygen atoms in total. The van der Waals surface area contributed by atoms with Gasteiger partial charge in [0.15, 0.2) is 0 Å². The van der Waals surface area contributed by atoms with Crippen molar-refractivity contribution < 1.29 is 9.72 Å². The van der Waals surface area contributed by atoms with Crippen molar-refractivity contribution in [2.45, 2.75) is 31.7 Å². The van der Waals surface area contributed by atoms with Crippen molar-refractivity contribution in [1.82, 2.24) is 4.90 Å². The van der Waals surface area contributed by atoms with E-state index in [1.807, 2.05) is 4.90 Å². The van der Waals surface area contributed by atoms with Crippen molar-refractivity contribution in [3.63, 3.8) is 0 Å². The molecule has 1 fully saturated rings. The van der Waals surface area contributed by atoms with Gasteiger partial charge in [-0.2, -0.15) is 0 Å². The molecule has 0 aromatic heterocycles. The highest BCUT2D eigenvalue weighted by molar-refractivity contribution is 6.17. The van der Waals surface area contributed by atoms with Crippen molar-refractivity contribution in [3.05, 3.63) is 39.9 Å². The molecule has 0 unspecified atom stereocenters. The van der Waals surface area contributed by atoms with Crippen LogP contribution >= 0.6 is 11.6 Å². The molecule has 0 bridgehead atoms. The van der Waals surface area contributed by atoms with Crippen LogP contribution in [0.5, 0.6) is 0 Å². The number of nitro benzene ring substituents is 1. The minimum absolute atomic E-state index is 0.0539. The molecule has 0 atom stereocenters. The van der Waals surface area contributed by atoms with Crippen molar-refractivity contribution >= 4 is 23.2 Å². The van der Waals surface area contributed by atoms with Crippen LogP contribution in [0.3, 0.4) is 0 Å². The predicted octanol–water partition coefficient (Wildman–Crippen LogP) is 3.22. The third-order valence-electron chi connectivity index (χ3n) is 3.61. The molecule has 0 radical (unpaired) electrons. The third kappa shape index (κ3) is 3.28. The predicted molar refractivity (Wildman–Crippen MR) is 77.1 cm³/mol. The van der Waals surface area contributed by atoms with Crippen LogP contribution in [0.4, 0.5) is 5.69 Å². The Morgan fingerprint density at radius 2 is 2.20 bits per heavy atom. The summed E-state index contributed by atoms with van der Waals surface area (Å²) in [4.78, 5) is 24.6. The summed E-state index contributed by atoms with van der Waals surface area (Å²) in [6.07, 6.45) is 3.87. The lowest BCUT2D eigenvalue weighted by Crippen LogP contribution is -2.44. The highest BCUT2D eigenvalue weighted by Gasteiger charge is 2.29. The molecule has 1 amide bonds. The molecule has 0 N–H and O–H groups in total. The van der Waals surface area contributed by atoms with Gasteiger partial charge in [0.2, 0.25) is 0 Å². The maximum absolute atomic E-state index is 12.5. The SMILES string of the molecule is O=C(c1cccc([N+](=O)[O-])c1)N(CCCCl)C1CCC1. The number of non-ortho nitro benzene ring substituents is 1. The fourth-order valence-corrected chi connectivity index (χ4v) is 2.42. The molecular formula is C14H17ClN2O3. The molecule has 0 spiro atoms. The summed E-state index contributed by atoms with van der Waals surface area (Å²) >= 11 is 5.70. The molecule has 6 heteroatoms. The van der Waals surface area contributed by atoms with E-state index in [-0.39, 0.29) is 17.6 Å². The van der Waals surface area contributed by atoms with Gasteiger partial charge < -0.3 is 4.90 Å². The number of carbonyl (C=O) groups is 1. The molecule has 2 rings (SSSR count). The summed E-state index contributed by atoms with van der Waals surface area (Å²) in [6.45, 7) is 0.607. The molecule has 0 saturated heterocycles. The molecule has 0 heterocycles. The first-order valence-electron chi connectivity index (χ1n) is 6.75. The van der Waals surface area contributed by atoms with E-state index in [1.165, 1.54) is 12.1 Å². The fraction of sp³-hybridized carbons (Fsp3) is 0.500. The Morgan fingerprint density at radius 3 is 2.75 bits per heavy atom. The molecule has 0 aliphatic heterocycles. The van der Waals surface area contributed by atoms with Crippen molar-refractivity contribution in [1.29, 1.82) is 0 Å². The van der Waals surface area contributed by atoms with E-state index >= 15 is 0 Å². The number of hydrogen-bond acceptors (Lipinski definition) is 3. The zero-order valence-electron chi connectivity index (χ0n) is 11.1. The number of benzene rings is 1. The summed E-state index contributed by atoms with van der Waals surface area (Å²) in [5, 5.41) is 10.8. The molecule has 108 valence electrons. The third-order valence-corrected chi connectivity index (χ3v) is 3.88. The molecule has 1 aliphatic rings. The van der Waals surface area contributed by atoms with Crippen molar-refractivity contribution in [2.75, 3.05) is 12.4 Å². The molecule has 1 aromatic rings. The van der Waals surface area contributed by atoms with E-state index in [1.54, 1.807) is 12.1 Å². The van der Waals surface area contributed by atoms with Crippen LogP contribution < -0.4 is 0 Å². The van der Waals surface area contributed by atoms with Gasteiger partial charge in [-0.1, -0.05) is 6.07 Å². The van der Waals surface area contributed by atoms with Crippen LogP contribution in [0, 0.1) is 10.1 Å². The van der Waals surface area contributed by atoms with Gasteiger partial charge >= 0.3 is 0 Å². The summed E-state index contributed by atoms with van der Waals surface area (Å²) < 4.78 is 0. The van der Waals surface area contributed by atoms with Crippen LogP contribution in [0.15, 0.2) is 24.3 Å². The zero-order chi connectivity index (χ0) is 14.5. The Labute approximate surface area is 122 Å². The maximum atomic E-state index is 12.5. The van der Waals surface area contributed by atoms with E-state index in [2.05, 4.69) is 0 Å². The van der Waals surface area contributed by atoms with Gasteiger partial charge in [0, 0.05) is 36.2 Å². The number of amides is 1. The Kier molecular flexibility index (Phi) is 4.95. The first-order chi connectivity index (χ1) is 9.63. The monoisotopic (exact) mass is 296 g/mol. The molecular weight excluding hydrogens is 280 g/mol. The Hall–Kier alpha value is -1.62.